The number of rotatable bonds is 4. The number of furan rings is 1. The summed E-state index contributed by atoms with van der Waals surface area (Å²) >= 11 is 0. The lowest BCUT2D eigenvalue weighted by atomic mass is 10.0. The fourth-order valence-corrected chi connectivity index (χ4v) is 2.17. The molecule has 1 heterocycles. The van der Waals surface area contributed by atoms with Crippen LogP contribution in [0.15, 0.2) is 22.6 Å². The Hall–Kier alpha value is -1.28. The largest absolute Gasteiger partial charge is 0.461 e. The molecule has 0 radical (unpaired) electrons. The van der Waals surface area contributed by atoms with E-state index >= 15 is 0 Å². The molecule has 0 bridgehead atoms. The van der Waals surface area contributed by atoms with Gasteiger partial charge in [-0.15, -0.1) is 0 Å². The van der Waals surface area contributed by atoms with Crippen LogP contribution in [0.1, 0.15) is 29.7 Å². The number of aryl methyl sites for hydroxylation is 3. The fourth-order valence-electron chi connectivity index (χ4n) is 2.17. The molecule has 2 rings (SSSR count). The second-order valence-electron chi connectivity index (χ2n) is 4.32. The summed E-state index contributed by atoms with van der Waals surface area (Å²) in [7, 11) is 0. The second kappa shape index (κ2) is 4.71. The molecule has 86 valence electrons. The van der Waals surface area contributed by atoms with Crippen molar-refractivity contribution in [2.75, 3.05) is 6.54 Å². The second-order valence-corrected chi connectivity index (χ2v) is 4.32. The minimum Gasteiger partial charge on any atom is -0.461 e. The first-order valence-electron chi connectivity index (χ1n) is 5.91. The van der Waals surface area contributed by atoms with E-state index in [1.165, 1.54) is 16.5 Å². The molecule has 2 nitrogen and oxygen atoms in total. The molecule has 0 atom stereocenters. The van der Waals surface area contributed by atoms with Crippen molar-refractivity contribution in [3.8, 4) is 0 Å². The van der Waals surface area contributed by atoms with Gasteiger partial charge in [-0.05, 0) is 56.8 Å². The van der Waals surface area contributed by atoms with Gasteiger partial charge < -0.3 is 10.2 Å². The first kappa shape index (κ1) is 11.2. The van der Waals surface area contributed by atoms with Crippen LogP contribution in [-0.4, -0.2) is 6.54 Å². The predicted molar refractivity (Wildman–Crippen MR) is 67.7 cm³/mol. The zero-order valence-electron chi connectivity index (χ0n) is 10.0. The van der Waals surface area contributed by atoms with Gasteiger partial charge >= 0.3 is 0 Å². The van der Waals surface area contributed by atoms with E-state index in [1.807, 2.05) is 13.0 Å². The van der Waals surface area contributed by atoms with E-state index in [2.05, 4.69) is 19.1 Å². The highest BCUT2D eigenvalue weighted by Gasteiger charge is 2.10. The normalized spacial score (nSPS) is 11.2. The van der Waals surface area contributed by atoms with Crippen molar-refractivity contribution in [3.63, 3.8) is 0 Å². The summed E-state index contributed by atoms with van der Waals surface area (Å²) in [5.41, 5.74) is 9.20. The maximum atomic E-state index is 5.72. The van der Waals surface area contributed by atoms with Crippen LogP contribution in [0.25, 0.3) is 11.0 Å². The van der Waals surface area contributed by atoms with Gasteiger partial charge in [0.05, 0.1) is 0 Å². The van der Waals surface area contributed by atoms with Crippen LogP contribution in [0.5, 0.6) is 0 Å². The lowest BCUT2D eigenvalue weighted by Gasteiger charge is -2.03. The molecule has 2 heteroatoms. The number of hydrogen-bond donors (Lipinski definition) is 1. The van der Waals surface area contributed by atoms with Gasteiger partial charge in [-0.3, -0.25) is 0 Å². The van der Waals surface area contributed by atoms with E-state index in [9.17, 15) is 0 Å². The van der Waals surface area contributed by atoms with Gasteiger partial charge in [0, 0.05) is 5.39 Å². The number of unbranched alkanes of at least 4 members (excludes halogenated alkanes) is 1. The molecule has 1 aromatic carbocycles. The van der Waals surface area contributed by atoms with Crippen molar-refractivity contribution in [1.29, 1.82) is 0 Å². The molecule has 0 saturated heterocycles. The van der Waals surface area contributed by atoms with Crippen molar-refractivity contribution in [2.24, 2.45) is 5.73 Å². The maximum absolute atomic E-state index is 5.72. The minimum absolute atomic E-state index is 0.777. The third kappa shape index (κ3) is 1.98. The molecular formula is C14H19NO. The van der Waals surface area contributed by atoms with Crippen molar-refractivity contribution in [3.05, 3.63) is 35.1 Å². The monoisotopic (exact) mass is 217 g/mol. The van der Waals surface area contributed by atoms with Gasteiger partial charge in [0.15, 0.2) is 0 Å². The Morgan fingerprint density at radius 3 is 2.75 bits per heavy atom. The molecule has 0 spiro atoms. The number of hydrogen-bond acceptors (Lipinski definition) is 2. The SMILES string of the molecule is Cc1oc2cccc(CCCCN)c2c1C. The Kier molecular flexibility index (Phi) is 3.30. The van der Waals surface area contributed by atoms with Crippen molar-refractivity contribution < 1.29 is 4.42 Å². The summed E-state index contributed by atoms with van der Waals surface area (Å²) in [4.78, 5) is 0. The minimum atomic E-state index is 0.777. The molecule has 0 saturated carbocycles. The Balaban J connectivity index is 2.36. The van der Waals surface area contributed by atoms with E-state index in [0.717, 1.165) is 37.2 Å². The van der Waals surface area contributed by atoms with Crippen LogP contribution >= 0.6 is 0 Å². The summed E-state index contributed by atoms with van der Waals surface area (Å²) in [6.07, 6.45) is 3.33. The third-order valence-corrected chi connectivity index (χ3v) is 3.18. The first-order chi connectivity index (χ1) is 7.74. The molecule has 16 heavy (non-hydrogen) atoms. The van der Waals surface area contributed by atoms with Gasteiger partial charge in [0.25, 0.3) is 0 Å². The topological polar surface area (TPSA) is 39.2 Å². The summed E-state index contributed by atoms with van der Waals surface area (Å²) in [5.74, 6) is 1.03. The Morgan fingerprint density at radius 1 is 1.19 bits per heavy atom. The number of fused-ring (bicyclic) bond motifs is 1. The summed E-state index contributed by atoms with van der Waals surface area (Å²) in [6.45, 7) is 4.94. The molecule has 0 fully saturated rings. The first-order valence-corrected chi connectivity index (χ1v) is 5.91. The van der Waals surface area contributed by atoms with Gasteiger partial charge in [-0.25, -0.2) is 0 Å². The predicted octanol–water partition coefficient (Wildman–Crippen LogP) is 3.33. The smallest absolute Gasteiger partial charge is 0.134 e. The average molecular weight is 217 g/mol. The molecule has 0 aliphatic carbocycles. The molecule has 2 N–H and O–H groups in total. The van der Waals surface area contributed by atoms with E-state index < -0.39 is 0 Å². The van der Waals surface area contributed by atoms with E-state index in [-0.39, 0.29) is 0 Å². The Morgan fingerprint density at radius 2 is 2.00 bits per heavy atom. The molecular weight excluding hydrogens is 198 g/mol. The van der Waals surface area contributed by atoms with E-state index in [0.29, 0.717) is 0 Å². The lowest BCUT2D eigenvalue weighted by molar-refractivity contribution is 0.575. The summed E-state index contributed by atoms with van der Waals surface area (Å²) < 4.78 is 5.72. The van der Waals surface area contributed by atoms with Gasteiger partial charge in [0.1, 0.15) is 11.3 Å². The number of nitrogens with two attached hydrogens (primary N) is 1. The molecule has 0 aliphatic heterocycles. The quantitative estimate of drug-likeness (QED) is 0.798. The molecule has 0 unspecified atom stereocenters. The third-order valence-electron chi connectivity index (χ3n) is 3.18. The van der Waals surface area contributed by atoms with Crippen molar-refractivity contribution >= 4 is 11.0 Å². The van der Waals surface area contributed by atoms with Crippen LogP contribution in [-0.2, 0) is 6.42 Å². The molecule has 2 aromatic rings. The standard InChI is InChI=1S/C14H19NO/c1-10-11(2)16-13-8-5-7-12(14(10)13)6-3-4-9-15/h5,7-8H,3-4,6,9,15H2,1-2H3. The zero-order chi connectivity index (χ0) is 11.5. The van der Waals surface area contributed by atoms with Crippen molar-refractivity contribution in [1.82, 2.24) is 0 Å². The highest BCUT2D eigenvalue weighted by molar-refractivity contribution is 5.85. The van der Waals surface area contributed by atoms with Crippen LogP contribution in [0, 0.1) is 13.8 Å². The summed E-state index contributed by atoms with van der Waals surface area (Å²) in [6, 6.07) is 6.31. The zero-order valence-corrected chi connectivity index (χ0v) is 10.0. The van der Waals surface area contributed by atoms with Crippen molar-refractivity contribution in [2.45, 2.75) is 33.1 Å². The van der Waals surface area contributed by atoms with Crippen LogP contribution < -0.4 is 5.73 Å². The van der Waals surface area contributed by atoms with E-state index in [1.54, 1.807) is 0 Å². The average Bonchev–Trinajstić information content (AvgIpc) is 2.56. The Labute approximate surface area is 96.4 Å². The maximum Gasteiger partial charge on any atom is 0.134 e. The fraction of sp³-hybridized carbons (Fsp3) is 0.429. The van der Waals surface area contributed by atoms with Crippen LogP contribution in [0.2, 0.25) is 0 Å². The number of benzene rings is 1. The van der Waals surface area contributed by atoms with Gasteiger partial charge in [-0.2, -0.15) is 0 Å². The molecule has 1 aromatic heterocycles. The lowest BCUT2D eigenvalue weighted by Crippen LogP contribution is -1.99. The van der Waals surface area contributed by atoms with Gasteiger partial charge in [-0.1, -0.05) is 12.1 Å². The molecule has 0 amide bonds. The van der Waals surface area contributed by atoms with E-state index in [4.69, 9.17) is 10.2 Å². The van der Waals surface area contributed by atoms with Gasteiger partial charge in [0.2, 0.25) is 0 Å². The highest BCUT2D eigenvalue weighted by Crippen LogP contribution is 2.28. The van der Waals surface area contributed by atoms with Crippen LogP contribution in [0.3, 0.4) is 0 Å². The Bertz CT molecular complexity index is 485. The summed E-state index contributed by atoms with van der Waals surface area (Å²) in [5, 5.41) is 1.30. The molecule has 0 aliphatic rings. The van der Waals surface area contributed by atoms with Crippen LogP contribution in [0.4, 0.5) is 0 Å². The highest BCUT2D eigenvalue weighted by atomic mass is 16.3.